The first-order chi connectivity index (χ1) is 7.75. The zero-order valence-corrected chi connectivity index (χ0v) is 10.1. The Bertz CT molecular complexity index is 258. The number of nitrogens with one attached hydrogen (secondary N) is 1. The molecule has 0 amide bonds. The van der Waals surface area contributed by atoms with Crippen molar-refractivity contribution in [2.24, 2.45) is 5.92 Å². The molecule has 1 saturated heterocycles. The monoisotopic (exact) mass is 225 g/mol. The number of aliphatic hydroxyl groups is 1. The lowest BCUT2D eigenvalue weighted by atomic mass is 9.82. The van der Waals surface area contributed by atoms with Crippen molar-refractivity contribution in [2.45, 2.75) is 75.8 Å². The maximum Gasteiger partial charge on any atom is 0.0994 e. The molecule has 2 N–H and O–H groups in total. The van der Waals surface area contributed by atoms with Crippen LogP contribution in [0.15, 0.2) is 0 Å². The SMILES string of the molecule is CC1C(O)CCCC1NC1CCCC2OC12. The fourth-order valence-corrected chi connectivity index (χ4v) is 3.48. The molecule has 3 nitrogen and oxygen atoms in total. The molecule has 3 rings (SSSR count). The van der Waals surface area contributed by atoms with E-state index in [4.69, 9.17) is 4.74 Å². The van der Waals surface area contributed by atoms with E-state index >= 15 is 0 Å². The Labute approximate surface area is 97.6 Å². The molecule has 2 aliphatic carbocycles. The summed E-state index contributed by atoms with van der Waals surface area (Å²) in [6, 6.07) is 1.05. The first kappa shape index (κ1) is 11.0. The third-order valence-electron chi connectivity index (χ3n) is 4.71. The van der Waals surface area contributed by atoms with Crippen molar-refractivity contribution in [1.82, 2.24) is 5.32 Å². The van der Waals surface area contributed by atoms with Crippen molar-refractivity contribution < 1.29 is 9.84 Å². The number of aliphatic hydroxyl groups excluding tert-OH is 1. The van der Waals surface area contributed by atoms with Crippen LogP contribution in [-0.2, 0) is 4.74 Å². The van der Waals surface area contributed by atoms with Gasteiger partial charge >= 0.3 is 0 Å². The molecule has 1 heterocycles. The van der Waals surface area contributed by atoms with E-state index in [0.717, 1.165) is 12.8 Å². The predicted octanol–water partition coefficient (Wildman–Crippen LogP) is 1.45. The molecule has 0 bridgehead atoms. The maximum absolute atomic E-state index is 9.88. The highest BCUT2D eigenvalue weighted by molar-refractivity contribution is 5.00. The lowest BCUT2D eigenvalue weighted by Gasteiger charge is -2.36. The van der Waals surface area contributed by atoms with Crippen LogP contribution in [-0.4, -0.2) is 35.5 Å². The Hall–Kier alpha value is -0.120. The summed E-state index contributed by atoms with van der Waals surface area (Å²) in [7, 11) is 0. The molecule has 92 valence electrons. The van der Waals surface area contributed by atoms with Crippen molar-refractivity contribution in [1.29, 1.82) is 0 Å². The fraction of sp³-hybridized carbons (Fsp3) is 1.00. The summed E-state index contributed by atoms with van der Waals surface area (Å²) in [6.07, 6.45) is 8.08. The van der Waals surface area contributed by atoms with Gasteiger partial charge in [-0.15, -0.1) is 0 Å². The van der Waals surface area contributed by atoms with Crippen molar-refractivity contribution in [3.8, 4) is 0 Å². The van der Waals surface area contributed by atoms with Crippen LogP contribution < -0.4 is 5.32 Å². The van der Waals surface area contributed by atoms with Gasteiger partial charge < -0.3 is 15.2 Å². The number of rotatable bonds is 2. The van der Waals surface area contributed by atoms with Gasteiger partial charge in [0, 0.05) is 12.1 Å². The topological polar surface area (TPSA) is 44.8 Å². The second-order valence-electron chi connectivity index (χ2n) is 5.81. The zero-order valence-electron chi connectivity index (χ0n) is 10.1. The molecule has 6 atom stereocenters. The van der Waals surface area contributed by atoms with E-state index in [1.54, 1.807) is 0 Å². The van der Waals surface area contributed by atoms with Gasteiger partial charge in [0.25, 0.3) is 0 Å². The maximum atomic E-state index is 9.88. The first-order valence-electron chi connectivity index (χ1n) is 6.85. The highest BCUT2D eigenvalue weighted by Gasteiger charge is 2.48. The number of hydrogen-bond donors (Lipinski definition) is 2. The molecule has 2 saturated carbocycles. The van der Waals surface area contributed by atoms with Crippen molar-refractivity contribution in [3.63, 3.8) is 0 Å². The Morgan fingerprint density at radius 1 is 1.06 bits per heavy atom. The third-order valence-corrected chi connectivity index (χ3v) is 4.71. The Morgan fingerprint density at radius 2 is 1.81 bits per heavy atom. The normalized spacial score (nSPS) is 52.1. The molecule has 1 aliphatic heterocycles. The molecule has 16 heavy (non-hydrogen) atoms. The third kappa shape index (κ3) is 2.01. The van der Waals surface area contributed by atoms with Gasteiger partial charge in [0.15, 0.2) is 0 Å². The Morgan fingerprint density at radius 3 is 2.69 bits per heavy atom. The van der Waals surface area contributed by atoms with Crippen LogP contribution in [0.1, 0.15) is 45.4 Å². The molecule has 0 aromatic rings. The van der Waals surface area contributed by atoms with Gasteiger partial charge in [-0.3, -0.25) is 0 Å². The van der Waals surface area contributed by atoms with Gasteiger partial charge in [0.1, 0.15) is 0 Å². The van der Waals surface area contributed by atoms with Crippen LogP contribution in [0.25, 0.3) is 0 Å². The molecule has 3 heteroatoms. The van der Waals surface area contributed by atoms with Gasteiger partial charge in [-0.05, 0) is 44.4 Å². The molecule has 0 radical (unpaired) electrons. The molecule has 0 aromatic carbocycles. The molecule has 6 unspecified atom stereocenters. The Kier molecular flexibility index (Phi) is 2.94. The fourth-order valence-electron chi connectivity index (χ4n) is 3.48. The standard InChI is InChI=1S/C13H23NO2/c1-8-9(4-2-6-11(8)15)14-10-5-3-7-12-13(10)16-12/h8-15H,2-7H2,1H3. The van der Waals surface area contributed by atoms with Gasteiger partial charge in [-0.1, -0.05) is 6.92 Å². The molecular weight excluding hydrogens is 202 g/mol. The Balaban J connectivity index is 1.57. The van der Waals surface area contributed by atoms with Crippen LogP contribution in [0, 0.1) is 5.92 Å². The highest BCUT2D eigenvalue weighted by Crippen LogP contribution is 2.37. The van der Waals surface area contributed by atoms with E-state index in [0.29, 0.717) is 30.2 Å². The van der Waals surface area contributed by atoms with Gasteiger partial charge in [0.2, 0.25) is 0 Å². The van der Waals surface area contributed by atoms with E-state index in [1.807, 2.05) is 0 Å². The van der Waals surface area contributed by atoms with Gasteiger partial charge in [0.05, 0.1) is 18.3 Å². The summed E-state index contributed by atoms with van der Waals surface area (Å²) in [6.45, 7) is 2.18. The quantitative estimate of drug-likeness (QED) is 0.699. The van der Waals surface area contributed by atoms with E-state index in [1.165, 1.54) is 25.7 Å². The minimum absolute atomic E-state index is 0.106. The molecule has 3 fully saturated rings. The van der Waals surface area contributed by atoms with Crippen LogP contribution >= 0.6 is 0 Å². The van der Waals surface area contributed by atoms with Crippen LogP contribution in [0.5, 0.6) is 0 Å². The van der Waals surface area contributed by atoms with E-state index in [2.05, 4.69) is 12.2 Å². The number of ether oxygens (including phenoxy) is 1. The molecule has 3 aliphatic rings. The van der Waals surface area contributed by atoms with E-state index < -0.39 is 0 Å². The second-order valence-corrected chi connectivity index (χ2v) is 5.81. The van der Waals surface area contributed by atoms with Crippen LogP contribution in [0.4, 0.5) is 0 Å². The van der Waals surface area contributed by atoms with Gasteiger partial charge in [-0.25, -0.2) is 0 Å². The zero-order chi connectivity index (χ0) is 11.1. The minimum atomic E-state index is -0.106. The summed E-state index contributed by atoms with van der Waals surface area (Å²) in [4.78, 5) is 0. The van der Waals surface area contributed by atoms with Crippen LogP contribution in [0.3, 0.4) is 0 Å². The molecule has 0 spiro atoms. The summed E-state index contributed by atoms with van der Waals surface area (Å²) in [5.41, 5.74) is 0. The molecular formula is C13H23NO2. The lowest BCUT2D eigenvalue weighted by molar-refractivity contribution is 0.0515. The van der Waals surface area contributed by atoms with Crippen molar-refractivity contribution >= 4 is 0 Å². The average molecular weight is 225 g/mol. The number of fused-ring (bicyclic) bond motifs is 1. The summed E-state index contributed by atoms with van der Waals surface area (Å²) >= 11 is 0. The predicted molar refractivity (Wildman–Crippen MR) is 62.2 cm³/mol. The summed E-state index contributed by atoms with van der Waals surface area (Å²) in [5, 5.41) is 13.6. The van der Waals surface area contributed by atoms with E-state index in [9.17, 15) is 5.11 Å². The second kappa shape index (κ2) is 4.28. The number of epoxide rings is 1. The number of hydrogen-bond acceptors (Lipinski definition) is 3. The largest absolute Gasteiger partial charge is 0.393 e. The van der Waals surface area contributed by atoms with Crippen molar-refractivity contribution in [2.75, 3.05) is 0 Å². The highest BCUT2D eigenvalue weighted by atomic mass is 16.6. The van der Waals surface area contributed by atoms with Gasteiger partial charge in [-0.2, -0.15) is 0 Å². The lowest BCUT2D eigenvalue weighted by Crippen LogP contribution is -2.50. The van der Waals surface area contributed by atoms with Crippen molar-refractivity contribution in [3.05, 3.63) is 0 Å². The minimum Gasteiger partial charge on any atom is -0.393 e. The molecule has 0 aromatic heterocycles. The van der Waals surface area contributed by atoms with Crippen LogP contribution in [0.2, 0.25) is 0 Å². The smallest absolute Gasteiger partial charge is 0.0994 e. The average Bonchev–Trinajstić information content (AvgIpc) is 3.05. The summed E-state index contributed by atoms with van der Waals surface area (Å²) in [5.74, 6) is 0.396. The van der Waals surface area contributed by atoms with E-state index in [-0.39, 0.29) is 6.10 Å². The summed E-state index contributed by atoms with van der Waals surface area (Å²) < 4.78 is 5.67. The first-order valence-corrected chi connectivity index (χ1v) is 6.85.